The van der Waals surface area contributed by atoms with Crippen LogP contribution in [0.25, 0.3) is 0 Å². The van der Waals surface area contributed by atoms with Gasteiger partial charge < -0.3 is 15.0 Å². The van der Waals surface area contributed by atoms with Crippen molar-refractivity contribution in [3.05, 3.63) is 66.0 Å². The van der Waals surface area contributed by atoms with Gasteiger partial charge in [0.15, 0.2) is 0 Å². The van der Waals surface area contributed by atoms with Crippen LogP contribution in [-0.4, -0.2) is 41.0 Å². The van der Waals surface area contributed by atoms with Gasteiger partial charge in [-0.2, -0.15) is 0 Å². The van der Waals surface area contributed by atoms with Crippen molar-refractivity contribution in [2.24, 2.45) is 0 Å². The Morgan fingerprint density at radius 1 is 1.21 bits per heavy atom. The van der Waals surface area contributed by atoms with E-state index in [0.29, 0.717) is 13.1 Å². The van der Waals surface area contributed by atoms with Crippen molar-refractivity contribution in [3.63, 3.8) is 0 Å². The van der Waals surface area contributed by atoms with E-state index in [-0.39, 0.29) is 25.0 Å². The molecule has 2 aromatic rings. The lowest BCUT2D eigenvalue weighted by Gasteiger charge is -2.34. The molecule has 6 nitrogen and oxygen atoms in total. The second-order valence-corrected chi connectivity index (χ2v) is 5.62. The van der Waals surface area contributed by atoms with Crippen LogP contribution in [0.1, 0.15) is 11.1 Å². The molecule has 1 fully saturated rings. The molecule has 1 aromatic heterocycles. The summed E-state index contributed by atoms with van der Waals surface area (Å²) in [6.45, 7) is 0.987. The van der Waals surface area contributed by atoms with Crippen molar-refractivity contribution < 1.29 is 14.3 Å². The lowest BCUT2D eigenvalue weighted by atomic mass is 10.1. The van der Waals surface area contributed by atoms with Crippen LogP contribution in [0.15, 0.2) is 54.9 Å². The van der Waals surface area contributed by atoms with Crippen molar-refractivity contribution in [1.82, 2.24) is 15.2 Å². The van der Waals surface area contributed by atoms with Gasteiger partial charge in [0.2, 0.25) is 11.8 Å². The molecule has 2 amide bonds. The summed E-state index contributed by atoms with van der Waals surface area (Å²) >= 11 is 0. The summed E-state index contributed by atoms with van der Waals surface area (Å²) in [6, 6.07) is 12.7. The highest BCUT2D eigenvalue weighted by Crippen LogP contribution is 2.14. The van der Waals surface area contributed by atoms with E-state index >= 15 is 0 Å². The first-order chi connectivity index (χ1) is 11.7. The van der Waals surface area contributed by atoms with Crippen LogP contribution >= 0.6 is 0 Å². The lowest BCUT2D eigenvalue weighted by Crippen LogP contribution is -2.55. The van der Waals surface area contributed by atoms with Crippen molar-refractivity contribution in [2.45, 2.75) is 19.1 Å². The minimum Gasteiger partial charge on any atom is -0.369 e. The number of amides is 2. The molecule has 1 N–H and O–H groups in total. The first kappa shape index (κ1) is 16.1. The van der Waals surface area contributed by atoms with E-state index in [9.17, 15) is 9.59 Å². The Labute approximate surface area is 140 Å². The van der Waals surface area contributed by atoms with E-state index in [1.54, 1.807) is 17.3 Å². The summed E-state index contributed by atoms with van der Waals surface area (Å²) in [5, 5.41) is 2.85. The third-order valence-corrected chi connectivity index (χ3v) is 3.89. The number of hydrogen-bond donors (Lipinski definition) is 1. The van der Waals surface area contributed by atoms with E-state index in [0.717, 1.165) is 11.1 Å². The fraction of sp³-hybridized carbons (Fsp3) is 0.278. The molecule has 0 aliphatic carbocycles. The molecule has 0 bridgehead atoms. The second-order valence-electron chi connectivity index (χ2n) is 5.62. The highest BCUT2D eigenvalue weighted by atomic mass is 16.5. The van der Waals surface area contributed by atoms with Gasteiger partial charge in [0.05, 0.1) is 6.61 Å². The van der Waals surface area contributed by atoms with Gasteiger partial charge in [0, 0.05) is 25.5 Å². The highest BCUT2D eigenvalue weighted by molar-refractivity contribution is 5.89. The maximum atomic E-state index is 12.5. The quantitative estimate of drug-likeness (QED) is 0.894. The van der Waals surface area contributed by atoms with Crippen LogP contribution in [-0.2, 0) is 27.4 Å². The Balaban J connectivity index is 1.66. The molecule has 1 aliphatic heterocycles. The van der Waals surface area contributed by atoms with Crippen LogP contribution in [0.3, 0.4) is 0 Å². The molecule has 1 aliphatic rings. The third-order valence-electron chi connectivity index (χ3n) is 3.89. The number of benzene rings is 1. The zero-order valence-electron chi connectivity index (χ0n) is 13.2. The van der Waals surface area contributed by atoms with E-state index < -0.39 is 6.04 Å². The normalized spacial score (nSPS) is 17.6. The summed E-state index contributed by atoms with van der Waals surface area (Å²) < 4.78 is 5.27. The van der Waals surface area contributed by atoms with Crippen LogP contribution < -0.4 is 5.32 Å². The lowest BCUT2D eigenvalue weighted by molar-refractivity contribution is -0.155. The molecule has 6 heteroatoms. The fourth-order valence-electron chi connectivity index (χ4n) is 2.61. The molecule has 1 atom stereocenters. The van der Waals surface area contributed by atoms with E-state index in [1.807, 2.05) is 42.5 Å². The number of rotatable bonds is 5. The average Bonchev–Trinajstić information content (AvgIpc) is 2.63. The summed E-state index contributed by atoms with van der Waals surface area (Å²) in [6.07, 6.45) is 3.38. The predicted octanol–water partition coefficient (Wildman–Crippen LogP) is 1.13. The molecular formula is C18H19N3O3. The molecule has 1 unspecified atom stereocenters. The summed E-state index contributed by atoms with van der Waals surface area (Å²) in [4.78, 5) is 30.3. The maximum Gasteiger partial charge on any atom is 0.249 e. The third kappa shape index (κ3) is 3.97. The Kier molecular flexibility index (Phi) is 5.18. The number of aromatic nitrogens is 1. The van der Waals surface area contributed by atoms with Gasteiger partial charge in [-0.3, -0.25) is 14.6 Å². The number of ether oxygens (including phenoxy) is 1. The molecule has 124 valence electrons. The Morgan fingerprint density at radius 3 is 2.75 bits per heavy atom. The van der Waals surface area contributed by atoms with Crippen molar-refractivity contribution in [3.8, 4) is 0 Å². The van der Waals surface area contributed by atoms with Gasteiger partial charge in [-0.1, -0.05) is 36.4 Å². The van der Waals surface area contributed by atoms with E-state index in [2.05, 4.69) is 10.3 Å². The predicted molar refractivity (Wildman–Crippen MR) is 87.7 cm³/mol. The van der Waals surface area contributed by atoms with Crippen LogP contribution in [0.2, 0.25) is 0 Å². The number of morpholine rings is 1. The van der Waals surface area contributed by atoms with E-state index in [4.69, 9.17) is 4.74 Å². The van der Waals surface area contributed by atoms with Crippen molar-refractivity contribution in [1.29, 1.82) is 0 Å². The number of nitrogens with one attached hydrogen (secondary N) is 1. The first-order valence-electron chi connectivity index (χ1n) is 7.82. The molecule has 0 spiro atoms. The Bertz CT molecular complexity index is 691. The standard InChI is InChI=1S/C18H19N3O3/c22-17-13-24-12-16(21(17)11-14-5-2-1-3-6-14)18(23)20-10-15-7-4-8-19-9-15/h1-9,16H,10-13H2,(H,20,23). The van der Waals surface area contributed by atoms with E-state index in [1.165, 1.54) is 0 Å². The maximum absolute atomic E-state index is 12.5. The summed E-state index contributed by atoms with van der Waals surface area (Å²) in [5.74, 6) is -0.394. The second kappa shape index (κ2) is 7.70. The molecule has 1 aromatic carbocycles. The van der Waals surface area contributed by atoms with Crippen molar-refractivity contribution >= 4 is 11.8 Å². The molecule has 24 heavy (non-hydrogen) atoms. The van der Waals surface area contributed by atoms with Gasteiger partial charge in [0.1, 0.15) is 12.6 Å². The minimum atomic E-state index is -0.622. The zero-order chi connectivity index (χ0) is 16.8. The Hall–Kier alpha value is -2.73. The summed E-state index contributed by atoms with van der Waals surface area (Å²) in [5.41, 5.74) is 1.89. The molecule has 0 radical (unpaired) electrons. The molecule has 0 saturated carbocycles. The van der Waals surface area contributed by atoms with Gasteiger partial charge >= 0.3 is 0 Å². The first-order valence-corrected chi connectivity index (χ1v) is 7.82. The number of nitrogens with zero attached hydrogens (tertiary/aromatic N) is 2. The van der Waals surface area contributed by atoms with Crippen molar-refractivity contribution in [2.75, 3.05) is 13.2 Å². The number of pyridine rings is 1. The molecule has 3 rings (SSSR count). The highest BCUT2D eigenvalue weighted by Gasteiger charge is 2.33. The molecular weight excluding hydrogens is 306 g/mol. The zero-order valence-corrected chi connectivity index (χ0v) is 13.2. The average molecular weight is 325 g/mol. The van der Waals surface area contributed by atoms with Gasteiger partial charge in [-0.05, 0) is 17.2 Å². The number of hydrogen-bond acceptors (Lipinski definition) is 4. The van der Waals surface area contributed by atoms with Gasteiger partial charge in [0.25, 0.3) is 0 Å². The van der Waals surface area contributed by atoms with Gasteiger partial charge in [-0.15, -0.1) is 0 Å². The van der Waals surface area contributed by atoms with Crippen LogP contribution in [0.5, 0.6) is 0 Å². The summed E-state index contributed by atoms with van der Waals surface area (Å²) in [7, 11) is 0. The Morgan fingerprint density at radius 2 is 2.00 bits per heavy atom. The van der Waals surface area contributed by atoms with Crippen LogP contribution in [0.4, 0.5) is 0 Å². The minimum absolute atomic E-state index is 0.0131. The fourth-order valence-corrected chi connectivity index (χ4v) is 2.61. The SMILES string of the molecule is O=C(NCc1cccnc1)C1COCC(=O)N1Cc1ccccc1. The monoisotopic (exact) mass is 325 g/mol. The largest absolute Gasteiger partial charge is 0.369 e. The molecule has 2 heterocycles. The number of carbonyl (C=O) groups is 2. The smallest absolute Gasteiger partial charge is 0.249 e. The number of carbonyl (C=O) groups excluding carboxylic acids is 2. The molecule has 1 saturated heterocycles. The topological polar surface area (TPSA) is 71.5 Å². The van der Waals surface area contributed by atoms with Gasteiger partial charge in [-0.25, -0.2) is 0 Å². The van der Waals surface area contributed by atoms with Crippen LogP contribution in [0, 0.1) is 0 Å².